The smallest absolute Gasteiger partial charge is 0.338 e. The van der Waals surface area contributed by atoms with Gasteiger partial charge < -0.3 is 9.47 Å². The van der Waals surface area contributed by atoms with Crippen molar-refractivity contribution in [3.63, 3.8) is 0 Å². The van der Waals surface area contributed by atoms with Gasteiger partial charge in [-0.25, -0.2) is 9.59 Å². The van der Waals surface area contributed by atoms with E-state index in [0.717, 1.165) is 46.7 Å². The van der Waals surface area contributed by atoms with Gasteiger partial charge in [-0.1, -0.05) is 38.3 Å². The monoisotopic (exact) mass is 376 g/mol. The first-order chi connectivity index (χ1) is 13.3. The molecule has 2 aliphatic carbocycles. The van der Waals surface area contributed by atoms with Crippen molar-refractivity contribution in [2.75, 3.05) is 0 Å². The summed E-state index contributed by atoms with van der Waals surface area (Å²) in [7, 11) is 0. The molecular weight excluding hydrogens is 352 g/mol. The number of ether oxygens (including phenoxy) is 2. The number of aryl methyl sites for hydroxylation is 1. The van der Waals surface area contributed by atoms with Crippen LogP contribution in [-0.4, -0.2) is 11.9 Å². The molecule has 2 aromatic carbocycles. The number of rotatable bonds is 4. The number of fused-ring (bicyclic) bond motifs is 6. The Labute approximate surface area is 164 Å². The van der Waals surface area contributed by atoms with Crippen molar-refractivity contribution in [2.24, 2.45) is 0 Å². The van der Waals surface area contributed by atoms with E-state index in [1.807, 2.05) is 25.1 Å². The zero-order valence-corrected chi connectivity index (χ0v) is 16.6. The van der Waals surface area contributed by atoms with Crippen molar-refractivity contribution in [3.8, 4) is 11.5 Å². The Kier molecular flexibility index (Phi) is 4.18. The molecule has 4 heteroatoms. The van der Waals surface area contributed by atoms with Crippen LogP contribution in [0.2, 0.25) is 0 Å². The summed E-state index contributed by atoms with van der Waals surface area (Å²) in [5.74, 6) is 0.555. The molecule has 0 saturated heterocycles. The van der Waals surface area contributed by atoms with Crippen LogP contribution < -0.4 is 9.47 Å². The maximum Gasteiger partial charge on any atom is 0.338 e. The van der Waals surface area contributed by atoms with Crippen LogP contribution in [0.4, 0.5) is 0 Å². The Hall–Kier alpha value is -2.88. The molecule has 0 aromatic heterocycles. The van der Waals surface area contributed by atoms with Crippen LogP contribution in [0.25, 0.3) is 10.8 Å². The zero-order chi connectivity index (χ0) is 20.2. The van der Waals surface area contributed by atoms with Gasteiger partial charge in [-0.2, -0.15) is 0 Å². The number of hydrogen-bond donors (Lipinski definition) is 0. The Morgan fingerprint density at radius 2 is 2.00 bits per heavy atom. The number of carbonyl (C=O) groups is 2. The third kappa shape index (κ3) is 2.59. The van der Waals surface area contributed by atoms with Crippen molar-refractivity contribution >= 4 is 22.7 Å². The van der Waals surface area contributed by atoms with Gasteiger partial charge in [0.1, 0.15) is 11.5 Å². The molecule has 2 atom stereocenters. The van der Waals surface area contributed by atoms with E-state index >= 15 is 0 Å². The van der Waals surface area contributed by atoms with Gasteiger partial charge in [0.15, 0.2) is 0 Å². The lowest BCUT2D eigenvalue weighted by Crippen LogP contribution is -2.20. The van der Waals surface area contributed by atoms with Crippen molar-refractivity contribution in [1.82, 2.24) is 0 Å². The fourth-order valence-corrected chi connectivity index (χ4v) is 4.90. The lowest BCUT2D eigenvalue weighted by Gasteiger charge is -2.29. The second-order valence-electron chi connectivity index (χ2n) is 8.24. The predicted octanol–water partition coefficient (Wildman–Crippen LogP) is 5.26. The summed E-state index contributed by atoms with van der Waals surface area (Å²) in [6.07, 6.45) is 4.21. The van der Waals surface area contributed by atoms with Crippen LogP contribution in [0.3, 0.4) is 0 Å². The van der Waals surface area contributed by atoms with Crippen LogP contribution in [-0.2, 0) is 15.0 Å². The van der Waals surface area contributed by atoms with E-state index in [0.29, 0.717) is 23.0 Å². The molecule has 0 spiro atoms. The van der Waals surface area contributed by atoms with E-state index in [9.17, 15) is 9.59 Å². The lowest BCUT2D eigenvalue weighted by molar-refractivity contribution is -0.130. The molecule has 2 unspecified atom stereocenters. The van der Waals surface area contributed by atoms with Crippen LogP contribution in [0.5, 0.6) is 11.5 Å². The van der Waals surface area contributed by atoms with Crippen LogP contribution >= 0.6 is 0 Å². The standard InChI is InChI=1S/C24H24O4/c1-6-17(25)27-22-18-14(4)8-7-9-16(18)21(28-23(26)13(2)3)19-15-10-11-24(5,12-15)20(19)22/h6-9,15H,1-2,10-12H2,3-5H3. The first-order valence-electron chi connectivity index (χ1n) is 9.58. The van der Waals surface area contributed by atoms with E-state index in [2.05, 4.69) is 20.1 Å². The first-order valence-corrected chi connectivity index (χ1v) is 9.58. The van der Waals surface area contributed by atoms with Crippen molar-refractivity contribution < 1.29 is 19.1 Å². The molecule has 4 nitrogen and oxygen atoms in total. The molecule has 4 rings (SSSR count). The highest BCUT2D eigenvalue weighted by Gasteiger charge is 2.50. The first kappa shape index (κ1) is 18.5. The molecule has 2 bridgehead atoms. The topological polar surface area (TPSA) is 52.6 Å². The molecule has 1 saturated carbocycles. The van der Waals surface area contributed by atoms with E-state index in [1.165, 1.54) is 6.08 Å². The highest BCUT2D eigenvalue weighted by atomic mass is 16.5. The summed E-state index contributed by atoms with van der Waals surface area (Å²) in [4.78, 5) is 24.6. The van der Waals surface area contributed by atoms with Crippen LogP contribution in [0.1, 0.15) is 55.7 Å². The largest absolute Gasteiger partial charge is 0.422 e. The average molecular weight is 376 g/mol. The SMILES string of the molecule is C=CC(=O)Oc1c2c(c(OC(=O)C(=C)C)c3cccc(C)c13)C1CCC2(C)C1. The average Bonchev–Trinajstić information content (AvgIpc) is 3.18. The second kappa shape index (κ2) is 6.33. The van der Waals surface area contributed by atoms with Gasteiger partial charge in [0.25, 0.3) is 0 Å². The van der Waals surface area contributed by atoms with E-state index < -0.39 is 11.9 Å². The fourth-order valence-electron chi connectivity index (χ4n) is 4.90. The molecule has 0 heterocycles. The van der Waals surface area contributed by atoms with Gasteiger partial charge in [-0.05, 0) is 50.0 Å². The number of esters is 2. The van der Waals surface area contributed by atoms with Crippen LogP contribution in [0, 0.1) is 6.92 Å². The Morgan fingerprint density at radius 1 is 1.25 bits per heavy atom. The lowest BCUT2D eigenvalue weighted by atomic mass is 9.78. The van der Waals surface area contributed by atoms with Crippen molar-refractivity contribution in [3.05, 3.63) is 59.7 Å². The third-order valence-electron chi connectivity index (χ3n) is 6.15. The minimum absolute atomic E-state index is 0.0996. The predicted molar refractivity (Wildman–Crippen MR) is 109 cm³/mol. The van der Waals surface area contributed by atoms with E-state index in [-0.39, 0.29) is 5.41 Å². The van der Waals surface area contributed by atoms with Gasteiger partial charge >= 0.3 is 11.9 Å². The minimum Gasteiger partial charge on any atom is -0.422 e. The van der Waals surface area contributed by atoms with Crippen molar-refractivity contribution in [1.29, 1.82) is 0 Å². The summed E-state index contributed by atoms with van der Waals surface area (Å²) in [6, 6.07) is 5.82. The number of benzene rings is 2. The van der Waals surface area contributed by atoms with Gasteiger partial charge in [-0.3, -0.25) is 0 Å². The molecule has 1 fully saturated rings. The van der Waals surface area contributed by atoms with Crippen LogP contribution in [0.15, 0.2) is 43.0 Å². The highest BCUT2D eigenvalue weighted by molar-refractivity contribution is 6.03. The number of hydrogen-bond acceptors (Lipinski definition) is 4. The summed E-state index contributed by atoms with van der Waals surface area (Å²) in [5, 5.41) is 1.60. The van der Waals surface area contributed by atoms with Gasteiger partial charge in [0.05, 0.1) is 0 Å². The molecule has 0 radical (unpaired) electrons. The quantitative estimate of drug-likeness (QED) is 0.415. The Balaban J connectivity index is 2.10. The molecule has 28 heavy (non-hydrogen) atoms. The zero-order valence-electron chi connectivity index (χ0n) is 16.6. The fraction of sp³-hybridized carbons (Fsp3) is 0.333. The summed E-state index contributed by atoms with van der Waals surface area (Å²) in [6.45, 7) is 13.1. The molecule has 0 amide bonds. The maximum absolute atomic E-state index is 12.4. The molecule has 2 aliphatic rings. The molecular formula is C24H24O4. The van der Waals surface area contributed by atoms with Gasteiger partial charge in [-0.15, -0.1) is 0 Å². The van der Waals surface area contributed by atoms with E-state index in [1.54, 1.807) is 6.92 Å². The van der Waals surface area contributed by atoms with Crippen molar-refractivity contribution in [2.45, 2.75) is 51.4 Å². The summed E-state index contributed by atoms with van der Waals surface area (Å²) < 4.78 is 11.7. The molecule has 0 N–H and O–H groups in total. The highest BCUT2D eigenvalue weighted by Crippen LogP contribution is 2.64. The number of carbonyl (C=O) groups excluding carboxylic acids is 2. The molecule has 2 aromatic rings. The van der Waals surface area contributed by atoms with E-state index in [4.69, 9.17) is 9.47 Å². The Bertz CT molecular complexity index is 1060. The second-order valence-corrected chi connectivity index (χ2v) is 8.24. The maximum atomic E-state index is 12.4. The third-order valence-corrected chi connectivity index (χ3v) is 6.15. The van der Waals surface area contributed by atoms with Gasteiger partial charge in [0, 0.05) is 33.5 Å². The normalized spacial score (nSPS) is 22.0. The summed E-state index contributed by atoms with van der Waals surface area (Å²) in [5.41, 5.74) is 3.23. The minimum atomic E-state index is -0.482. The Morgan fingerprint density at radius 3 is 2.68 bits per heavy atom. The molecule has 144 valence electrons. The summed E-state index contributed by atoms with van der Waals surface area (Å²) >= 11 is 0. The van der Waals surface area contributed by atoms with Gasteiger partial charge in [0.2, 0.25) is 0 Å². The molecule has 0 aliphatic heterocycles.